The normalized spacial score (nSPS) is 16.4. The van der Waals surface area contributed by atoms with E-state index in [4.69, 9.17) is 0 Å². The molecule has 1 aliphatic carbocycles. The zero-order chi connectivity index (χ0) is 12.8. The lowest BCUT2D eigenvalue weighted by molar-refractivity contribution is 0.217. The predicted octanol–water partition coefficient (Wildman–Crippen LogP) is 3.67. The van der Waals surface area contributed by atoms with Gasteiger partial charge in [-0.1, -0.05) is 38.0 Å². The van der Waals surface area contributed by atoms with Gasteiger partial charge in [-0.15, -0.1) is 0 Å². The van der Waals surface area contributed by atoms with E-state index >= 15 is 0 Å². The summed E-state index contributed by atoms with van der Waals surface area (Å²) in [4.78, 5) is 2.64. The molecule has 2 rings (SSSR count). The molecule has 18 heavy (non-hydrogen) atoms. The van der Waals surface area contributed by atoms with Crippen molar-refractivity contribution in [3.63, 3.8) is 0 Å². The van der Waals surface area contributed by atoms with Gasteiger partial charge in [-0.25, -0.2) is 0 Å². The molecule has 0 heterocycles. The van der Waals surface area contributed by atoms with Crippen molar-refractivity contribution in [3.8, 4) is 0 Å². The van der Waals surface area contributed by atoms with Gasteiger partial charge in [-0.3, -0.25) is 4.90 Å². The van der Waals surface area contributed by atoms with E-state index in [0.29, 0.717) is 0 Å². The lowest BCUT2D eigenvalue weighted by atomic mass is 10.2. The Bertz CT molecular complexity index is 356. The third kappa shape index (κ3) is 3.49. The molecule has 0 spiro atoms. The maximum atomic E-state index is 3.56. The predicted molar refractivity (Wildman–Crippen MR) is 79.2 cm³/mol. The summed E-state index contributed by atoms with van der Waals surface area (Å²) in [5.74, 6) is 0. The molecule has 0 unspecified atom stereocenters. The van der Waals surface area contributed by atoms with E-state index in [1.807, 2.05) is 0 Å². The molecule has 100 valence electrons. The Morgan fingerprint density at radius 2 is 1.94 bits per heavy atom. The summed E-state index contributed by atoms with van der Waals surface area (Å²) in [7, 11) is 0. The minimum Gasteiger partial charge on any atom is -0.384 e. The van der Waals surface area contributed by atoms with Crippen LogP contribution in [0.15, 0.2) is 24.3 Å². The van der Waals surface area contributed by atoms with E-state index in [9.17, 15) is 0 Å². The van der Waals surface area contributed by atoms with Gasteiger partial charge in [-0.05, 0) is 37.9 Å². The standard InChI is InChI=1S/C16H26N2/c1-3-18(15-9-5-6-10-15)13-12-17-16-11-7-4-8-14(16)2/h4,7-8,11,15,17H,3,5-6,9-10,12-13H2,1-2H3. The second-order valence-electron chi connectivity index (χ2n) is 5.31. The first kappa shape index (κ1) is 13.4. The van der Waals surface area contributed by atoms with Crippen molar-refractivity contribution >= 4 is 5.69 Å². The fourth-order valence-corrected chi connectivity index (χ4v) is 2.97. The molecular weight excluding hydrogens is 220 g/mol. The highest BCUT2D eigenvalue weighted by Gasteiger charge is 2.20. The number of nitrogens with one attached hydrogen (secondary N) is 1. The number of benzene rings is 1. The zero-order valence-electron chi connectivity index (χ0n) is 11.8. The van der Waals surface area contributed by atoms with Gasteiger partial charge in [0.2, 0.25) is 0 Å². The van der Waals surface area contributed by atoms with Crippen LogP contribution < -0.4 is 5.32 Å². The van der Waals surface area contributed by atoms with E-state index < -0.39 is 0 Å². The number of anilines is 1. The molecule has 0 radical (unpaired) electrons. The summed E-state index contributed by atoms with van der Waals surface area (Å²) in [6.45, 7) is 7.84. The minimum absolute atomic E-state index is 0.841. The summed E-state index contributed by atoms with van der Waals surface area (Å²) in [5, 5.41) is 3.56. The van der Waals surface area contributed by atoms with E-state index in [0.717, 1.165) is 19.1 Å². The van der Waals surface area contributed by atoms with Crippen LogP contribution in [0.3, 0.4) is 0 Å². The Labute approximate surface area is 111 Å². The average molecular weight is 246 g/mol. The molecule has 1 aliphatic rings. The van der Waals surface area contributed by atoms with Gasteiger partial charge in [0, 0.05) is 24.8 Å². The number of aryl methyl sites for hydroxylation is 1. The summed E-state index contributed by atoms with van der Waals surface area (Å²) in [5.41, 5.74) is 2.61. The number of hydrogen-bond acceptors (Lipinski definition) is 2. The highest BCUT2D eigenvalue weighted by atomic mass is 15.2. The molecule has 1 fully saturated rings. The molecule has 0 bridgehead atoms. The molecule has 1 saturated carbocycles. The average Bonchev–Trinajstić information content (AvgIpc) is 2.90. The van der Waals surface area contributed by atoms with Crippen LogP contribution in [0.4, 0.5) is 5.69 Å². The molecular formula is C16H26N2. The van der Waals surface area contributed by atoms with Crippen LogP contribution in [0.1, 0.15) is 38.2 Å². The van der Waals surface area contributed by atoms with Gasteiger partial charge in [0.05, 0.1) is 0 Å². The van der Waals surface area contributed by atoms with Crippen molar-refractivity contribution < 1.29 is 0 Å². The quantitative estimate of drug-likeness (QED) is 0.824. The van der Waals surface area contributed by atoms with Crippen molar-refractivity contribution in [1.29, 1.82) is 0 Å². The Hall–Kier alpha value is -1.02. The van der Waals surface area contributed by atoms with Gasteiger partial charge in [-0.2, -0.15) is 0 Å². The maximum Gasteiger partial charge on any atom is 0.0370 e. The van der Waals surface area contributed by atoms with Crippen molar-refractivity contribution in [3.05, 3.63) is 29.8 Å². The molecule has 0 aromatic heterocycles. The number of hydrogen-bond donors (Lipinski definition) is 1. The first-order valence-electron chi connectivity index (χ1n) is 7.35. The van der Waals surface area contributed by atoms with E-state index in [1.54, 1.807) is 0 Å². The minimum atomic E-state index is 0.841. The third-order valence-electron chi connectivity index (χ3n) is 4.11. The van der Waals surface area contributed by atoms with Crippen LogP contribution >= 0.6 is 0 Å². The monoisotopic (exact) mass is 246 g/mol. The highest BCUT2D eigenvalue weighted by Crippen LogP contribution is 2.23. The highest BCUT2D eigenvalue weighted by molar-refractivity contribution is 5.50. The molecule has 1 N–H and O–H groups in total. The Morgan fingerprint density at radius 3 is 2.61 bits per heavy atom. The Kier molecular flexibility index (Phi) is 5.06. The smallest absolute Gasteiger partial charge is 0.0370 e. The van der Waals surface area contributed by atoms with Gasteiger partial charge < -0.3 is 5.32 Å². The molecule has 0 saturated heterocycles. The SMILES string of the molecule is CCN(CCNc1ccccc1C)C1CCCC1. The first-order valence-corrected chi connectivity index (χ1v) is 7.35. The van der Waals surface area contributed by atoms with Crippen LogP contribution in [-0.2, 0) is 0 Å². The Morgan fingerprint density at radius 1 is 1.22 bits per heavy atom. The number of para-hydroxylation sites is 1. The van der Waals surface area contributed by atoms with Crippen molar-refractivity contribution in [1.82, 2.24) is 4.90 Å². The third-order valence-corrected chi connectivity index (χ3v) is 4.11. The molecule has 2 heteroatoms. The van der Waals surface area contributed by atoms with E-state index in [-0.39, 0.29) is 0 Å². The van der Waals surface area contributed by atoms with Crippen LogP contribution in [0, 0.1) is 6.92 Å². The number of likely N-dealkylation sites (N-methyl/N-ethyl adjacent to an activating group) is 1. The lowest BCUT2D eigenvalue weighted by Gasteiger charge is -2.27. The van der Waals surface area contributed by atoms with Gasteiger partial charge >= 0.3 is 0 Å². The Balaban J connectivity index is 1.78. The van der Waals surface area contributed by atoms with Crippen molar-refractivity contribution in [2.45, 2.75) is 45.6 Å². The summed E-state index contributed by atoms with van der Waals surface area (Å²) >= 11 is 0. The fourth-order valence-electron chi connectivity index (χ4n) is 2.97. The van der Waals surface area contributed by atoms with Crippen LogP contribution in [0.2, 0.25) is 0 Å². The lowest BCUT2D eigenvalue weighted by Crippen LogP contribution is -2.36. The summed E-state index contributed by atoms with van der Waals surface area (Å²) < 4.78 is 0. The van der Waals surface area contributed by atoms with E-state index in [1.165, 1.54) is 43.5 Å². The van der Waals surface area contributed by atoms with Crippen molar-refractivity contribution in [2.75, 3.05) is 25.0 Å². The van der Waals surface area contributed by atoms with Crippen molar-refractivity contribution in [2.24, 2.45) is 0 Å². The molecule has 0 aliphatic heterocycles. The number of rotatable bonds is 6. The second kappa shape index (κ2) is 6.79. The molecule has 1 aromatic rings. The molecule has 0 amide bonds. The maximum absolute atomic E-state index is 3.56. The molecule has 1 aromatic carbocycles. The summed E-state index contributed by atoms with van der Waals surface area (Å²) in [6, 6.07) is 9.37. The largest absolute Gasteiger partial charge is 0.384 e. The second-order valence-corrected chi connectivity index (χ2v) is 5.31. The van der Waals surface area contributed by atoms with Gasteiger partial charge in [0.25, 0.3) is 0 Å². The zero-order valence-corrected chi connectivity index (χ0v) is 11.8. The molecule has 0 atom stereocenters. The van der Waals surface area contributed by atoms with Gasteiger partial charge in [0.1, 0.15) is 0 Å². The summed E-state index contributed by atoms with van der Waals surface area (Å²) in [6.07, 6.45) is 5.65. The first-order chi connectivity index (χ1) is 8.81. The molecule has 2 nitrogen and oxygen atoms in total. The fraction of sp³-hybridized carbons (Fsp3) is 0.625. The van der Waals surface area contributed by atoms with Crippen LogP contribution in [-0.4, -0.2) is 30.6 Å². The van der Waals surface area contributed by atoms with Crippen LogP contribution in [0.25, 0.3) is 0 Å². The van der Waals surface area contributed by atoms with E-state index in [2.05, 4.69) is 48.3 Å². The van der Waals surface area contributed by atoms with Gasteiger partial charge in [0.15, 0.2) is 0 Å². The number of nitrogens with zero attached hydrogens (tertiary/aromatic N) is 1. The van der Waals surface area contributed by atoms with Crippen LogP contribution in [0.5, 0.6) is 0 Å². The topological polar surface area (TPSA) is 15.3 Å².